The zero-order valence-electron chi connectivity index (χ0n) is 17.6. The molecule has 1 aliphatic heterocycles. The molecule has 0 saturated carbocycles. The lowest BCUT2D eigenvalue weighted by Crippen LogP contribution is -2.38. The largest absolute Gasteiger partial charge is 0.459 e. The van der Waals surface area contributed by atoms with Gasteiger partial charge in [0.05, 0.1) is 12.8 Å². The lowest BCUT2D eigenvalue weighted by atomic mass is 9.91. The van der Waals surface area contributed by atoms with Crippen LogP contribution in [0.25, 0.3) is 0 Å². The first-order valence-electron chi connectivity index (χ1n) is 10.3. The van der Waals surface area contributed by atoms with Crippen molar-refractivity contribution in [2.24, 2.45) is 11.8 Å². The third-order valence-corrected chi connectivity index (χ3v) is 5.32. The van der Waals surface area contributed by atoms with Crippen LogP contribution in [0.2, 0.25) is 0 Å². The van der Waals surface area contributed by atoms with E-state index in [1.165, 1.54) is 23.1 Å². The molecular formula is C23H31N3O3. The highest BCUT2D eigenvalue weighted by Crippen LogP contribution is 2.22. The van der Waals surface area contributed by atoms with Gasteiger partial charge in [-0.15, -0.1) is 0 Å². The van der Waals surface area contributed by atoms with Gasteiger partial charge in [-0.3, -0.25) is 14.5 Å². The zero-order valence-corrected chi connectivity index (χ0v) is 17.6. The Morgan fingerprint density at radius 1 is 1.10 bits per heavy atom. The predicted molar refractivity (Wildman–Crippen MR) is 112 cm³/mol. The van der Waals surface area contributed by atoms with Crippen LogP contribution in [0.3, 0.4) is 0 Å². The SMILES string of the molecule is C[C@@H]1C[C@H](C)CN(Cc2ccc(CNC(=O)CN(C)C(=O)c3ccco3)cc2)C1. The van der Waals surface area contributed by atoms with E-state index in [0.29, 0.717) is 6.54 Å². The van der Waals surface area contributed by atoms with Gasteiger partial charge in [-0.1, -0.05) is 38.1 Å². The highest BCUT2D eigenvalue weighted by Gasteiger charge is 2.21. The number of amides is 2. The van der Waals surface area contributed by atoms with Crippen LogP contribution in [0.5, 0.6) is 0 Å². The predicted octanol–water partition coefficient (Wildman–Crippen LogP) is 3.15. The molecule has 0 radical (unpaired) electrons. The molecule has 1 fully saturated rings. The Hall–Kier alpha value is -2.60. The van der Waals surface area contributed by atoms with Gasteiger partial charge in [0.2, 0.25) is 5.91 Å². The minimum Gasteiger partial charge on any atom is -0.459 e. The van der Waals surface area contributed by atoms with Gasteiger partial charge < -0.3 is 14.6 Å². The number of likely N-dealkylation sites (N-methyl/N-ethyl adjacent to an activating group) is 1. The van der Waals surface area contributed by atoms with E-state index >= 15 is 0 Å². The fraction of sp³-hybridized carbons (Fsp3) is 0.478. The normalized spacial score (nSPS) is 19.7. The van der Waals surface area contributed by atoms with E-state index in [2.05, 4.69) is 48.3 Å². The molecule has 1 aromatic carbocycles. The van der Waals surface area contributed by atoms with Crippen LogP contribution in [-0.4, -0.2) is 48.3 Å². The van der Waals surface area contributed by atoms with Gasteiger partial charge in [0.15, 0.2) is 5.76 Å². The molecule has 29 heavy (non-hydrogen) atoms. The summed E-state index contributed by atoms with van der Waals surface area (Å²) in [5.41, 5.74) is 2.34. The maximum Gasteiger partial charge on any atom is 0.289 e. The van der Waals surface area contributed by atoms with Crippen LogP contribution in [0.1, 0.15) is 41.9 Å². The summed E-state index contributed by atoms with van der Waals surface area (Å²) in [6, 6.07) is 11.6. The molecule has 6 heteroatoms. The molecule has 2 amide bonds. The fourth-order valence-electron chi connectivity index (χ4n) is 4.07. The minimum absolute atomic E-state index is 0.0110. The molecule has 1 N–H and O–H groups in total. The van der Waals surface area contributed by atoms with Gasteiger partial charge in [-0.25, -0.2) is 0 Å². The van der Waals surface area contributed by atoms with Gasteiger partial charge in [0, 0.05) is 33.2 Å². The second-order valence-electron chi connectivity index (χ2n) is 8.37. The van der Waals surface area contributed by atoms with Crippen molar-refractivity contribution < 1.29 is 14.0 Å². The maximum atomic E-state index is 12.1. The number of furan rings is 1. The standard InChI is InChI=1S/C23H31N3O3/c1-17-11-18(2)14-26(13-17)15-20-8-6-19(7-9-20)12-24-22(27)16-25(3)23(28)21-5-4-10-29-21/h4-10,17-18H,11-16H2,1-3H3,(H,24,27)/t17-,18+. The number of carbonyl (C=O) groups excluding carboxylic acids is 2. The van der Waals surface area contributed by atoms with Crippen molar-refractivity contribution in [2.45, 2.75) is 33.4 Å². The van der Waals surface area contributed by atoms with Crippen LogP contribution in [0.4, 0.5) is 0 Å². The Labute approximate surface area is 172 Å². The van der Waals surface area contributed by atoms with Crippen LogP contribution in [-0.2, 0) is 17.9 Å². The van der Waals surface area contributed by atoms with Crippen molar-refractivity contribution in [1.29, 1.82) is 0 Å². The van der Waals surface area contributed by atoms with Crippen molar-refractivity contribution in [2.75, 3.05) is 26.7 Å². The molecule has 0 bridgehead atoms. The Morgan fingerprint density at radius 2 is 1.76 bits per heavy atom. The first-order chi connectivity index (χ1) is 13.9. The zero-order chi connectivity index (χ0) is 20.8. The molecule has 156 valence electrons. The second-order valence-corrected chi connectivity index (χ2v) is 8.37. The molecule has 0 spiro atoms. The molecule has 2 atom stereocenters. The Kier molecular flexibility index (Phi) is 7.09. The highest BCUT2D eigenvalue weighted by atomic mass is 16.3. The van der Waals surface area contributed by atoms with Gasteiger partial charge in [-0.2, -0.15) is 0 Å². The first kappa shape index (κ1) is 21.1. The molecule has 1 aliphatic rings. The van der Waals surface area contributed by atoms with E-state index in [1.807, 2.05) is 0 Å². The van der Waals surface area contributed by atoms with Gasteiger partial charge in [0.25, 0.3) is 5.91 Å². The summed E-state index contributed by atoms with van der Waals surface area (Å²) in [4.78, 5) is 28.1. The Morgan fingerprint density at radius 3 is 2.38 bits per heavy atom. The molecule has 3 rings (SSSR count). The van der Waals surface area contributed by atoms with Crippen molar-refractivity contribution in [1.82, 2.24) is 15.1 Å². The molecule has 1 aromatic heterocycles. The Bertz CT molecular complexity index is 791. The number of nitrogens with zero attached hydrogens (tertiary/aromatic N) is 2. The lowest BCUT2D eigenvalue weighted by molar-refractivity contribution is -0.121. The number of benzene rings is 1. The van der Waals surface area contributed by atoms with Crippen molar-refractivity contribution in [3.05, 3.63) is 59.5 Å². The van der Waals surface area contributed by atoms with E-state index in [4.69, 9.17) is 4.42 Å². The van der Waals surface area contributed by atoms with Crippen LogP contribution < -0.4 is 5.32 Å². The van der Waals surface area contributed by atoms with E-state index in [9.17, 15) is 9.59 Å². The van der Waals surface area contributed by atoms with E-state index in [0.717, 1.165) is 37.0 Å². The Balaban J connectivity index is 1.43. The van der Waals surface area contributed by atoms with Gasteiger partial charge in [-0.05, 0) is 41.5 Å². The third kappa shape index (κ3) is 6.19. The topological polar surface area (TPSA) is 65.8 Å². The summed E-state index contributed by atoms with van der Waals surface area (Å²) < 4.78 is 5.08. The minimum atomic E-state index is -0.309. The summed E-state index contributed by atoms with van der Waals surface area (Å²) in [6.45, 7) is 8.38. The monoisotopic (exact) mass is 397 g/mol. The summed E-state index contributed by atoms with van der Waals surface area (Å²) >= 11 is 0. The van der Waals surface area contributed by atoms with E-state index in [-0.39, 0.29) is 24.1 Å². The molecule has 2 aromatic rings. The van der Waals surface area contributed by atoms with Gasteiger partial charge >= 0.3 is 0 Å². The number of likely N-dealkylation sites (tertiary alicyclic amines) is 1. The molecular weight excluding hydrogens is 366 g/mol. The summed E-state index contributed by atoms with van der Waals surface area (Å²) in [6.07, 6.45) is 2.76. The molecule has 0 unspecified atom stereocenters. The van der Waals surface area contributed by atoms with Crippen LogP contribution in [0, 0.1) is 11.8 Å². The molecule has 2 heterocycles. The van der Waals surface area contributed by atoms with Crippen molar-refractivity contribution >= 4 is 11.8 Å². The quantitative estimate of drug-likeness (QED) is 0.779. The summed E-state index contributed by atoms with van der Waals surface area (Å²) in [5.74, 6) is 1.23. The van der Waals surface area contributed by atoms with Crippen molar-refractivity contribution in [3.63, 3.8) is 0 Å². The molecule has 6 nitrogen and oxygen atoms in total. The third-order valence-electron chi connectivity index (χ3n) is 5.32. The highest BCUT2D eigenvalue weighted by molar-refractivity contribution is 5.94. The first-order valence-corrected chi connectivity index (χ1v) is 10.3. The van der Waals surface area contributed by atoms with E-state index in [1.54, 1.807) is 19.2 Å². The number of nitrogens with one attached hydrogen (secondary N) is 1. The number of carbonyl (C=O) groups is 2. The fourth-order valence-corrected chi connectivity index (χ4v) is 4.07. The van der Waals surface area contributed by atoms with Crippen LogP contribution >= 0.6 is 0 Å². The average molecular weight is 398 g/mol. The van der Waals surface area contributed by atoms with E-state index < -0.39 is 0 Å². The second kappa shape index (κ2) is 9.74. The van der Waals surface area contributed by atoms with Crippen molar-refractivity contribution in [3.8, 4) is 0 Å². The smallest absolute Gasteiger partial charge is 0.289 e. The van der Waals surface area contributed by atoms with Gasteiger partial charge in [0.1, 0.15) is 0 Å². The number of piperidine rings is 1. The number of hydrogen-bond donors (Lipinski definition) is 1. The number of hydrogen-bond acceptors (Lipinski definition) is 4. The van der Waals surface area contributed by atoms with Crippen LogP contribution in [0.15, 0.2) is 47.1 Å². The summed E-state index contributed by atoms with van der Waals surface area (Å²) in [7, 11) is 1.58. The molecule has 1 saturated heterocycles. The number of rotatable bonds is 7. The molecule has 0 aliphatic carbocycles. The average Bonchev–Trinajstić information content (AvgIpc) is 3.20. The summed E-state index contributed by atoms with van der Waals surface area (Å²) in [5, 5.41) is 2.87. The lowest BCUT2D eigenvalue weighted by Gasteiger charge is -2.35. The maximum absolute atomic E-state index is 12.1.